The van der Waals surface area contributed by atoms with Gasteiger partial charge in [0, 0.05) is 0 Å². The van der Waals surface area contributed by atoms with Gasteiger partial charge in [0.15, 0.2) is 0 Å². The molecule has 0 aliphatic heterocycles. The number of aliphatic hydroxyl groups excluding tert-OH is 1. The third kappa shape index (κ3) is 4.09. The van der Waals surface area contributed by atoms with Crippen molar-refractivity contribution in [1.29, 1.82) is 5.26 Å². The van der Waals surface area contributed by atoms with Gasteiger partial charge in [-0.1, -0.05) is 13.8 Å². The normalized spacial score (nSPS) is 45.4. The van der Waals surface area contributed by atoms with Crippen LogP contribution in [-0.2, 0) is 15.0 Å². The van der Waals surface area contributed by atoms with E-state index in [1.807, 2.05) is 0 Å². The molecule has 3 heteroatoms. The van der Waals surface area contributed by atoms with Crippen molar-refractivity contribution in [3.05, 3.63) is 11.6 Å². The molecular formula is C28H45FeNO. The summed E-state index contributed by atoms with van der Waals surface area (Å²) in [6, 6.07) is 0. The van der Waals surface area contributed by atoms with Gasteiger partial charge in [-0.05, 0) is 0 Å². The summed E-state index contributed by atoms with van der Waals surface area (Å²) in [5.74, 6) is 4.93. The molecule has 176 valence electrons. The van der Waals surface area contributed by atoms with Gasteiger partial charge in [0.1, 0.15) is 0 Å². The van der Waals surface area contributed by atoms with E-state index in [1.165, 1.54) is 56.9 Å². The van der Waals surface area contributed by atoms with Crippen LogP contribution >= 0.6 is 0 Å². The molecule has 0 aromatic rings. The Labute approximate surface area is 197 Å². The molecule has 4 rings (SSSR count). The molecular weight excluding hydrogens is 422 g/mol. The van der Waals surface area contributed by atoms with Crippen LogP contribution in [0.3, 0.4) is 0 Å². The molecule has 0 amide bonds. The summed E-state index contributed by atoms with van der Waals surface area (Å²) in [5.41, 5.74) is 2.15. The molecule has 0 aromatic heterocycles. The molecule has 0 heterocycles. The number of nitrogens with zero attached hydrogens (tertiary/aromatic N) is 1. The Morgan fingerprint density at radius 3 is 2.65 bits per heavy atom. The molecule has 0 saturated heterocycles. The van der Waals surface area contributed by atoms with Crippen molar-refractivity contribution in [2.45, 2.75) is 110 Å². The molecule has 0 aromatic carbocycles. The zero-order valence-corrected chi connectivity index (χ0v) is 21.6. The molecule has 3 fully saturated rings. The fourth-order valence-electron chi connectivity index (χ4n) is 8.87. The fourth-order valence-corrected chi connectivity index (χ4v) is 10.2. The van der Waals surface area contributed by atoms with E-state index in [1.54, 1.807) is 0 Å². The molecule has 4 aliphatic rings. The minimum absolute atomic E-state index is 0.139. The Hall–Kier alpha value is -0.291. The molecule has 1 unspecified atom stereocenters. The van der Waals surface area contributed by atoms with E-state index in [2.05, 4.69) is 45.7 Å². The van der Waals surface area contributed by atoms with Crippen molar-refractivity contribution in [1.82, 2.24) is 0 Å². The Bertz CT molecular complexity index is 725. The molecule has 2 nitrogen and oxygen atoms in total. The van der Waals surface area contributed by atoms with Crippen LogP contribution in [0, 0.1) is 56.6 Å². The third-order valence-corrected chi connectivity index (χ3v) is 11.9. The van der Waals surface area contributed by atoms with Gasteiger partial charge in [0.05, 0.1) is 0 Å². The van der Waals surface area contributed by atoms with E-state index >= 15 is 0 Å². The van der Waals surface area contributed by atoms with E-state index in [4.69, 9.17) is 0 Å². The fraction of sp³-hybridized carbons (Fsp3) is 0.893. The summed E-state index contributed by atoms with van der Waals surface area (Å²) in [5, 5.41) is 20.0. The topological polar surface area (TPSA) is 44.0 Å². The standard InChI is InChI=1S/C27H45O.CN.Fe/c1-18(2)7-6-8-19(3)23-11-12-24-22-10-9-20-17-21(28)13-15-26(20,4)25(22)14-16-27(23,24)5;1-2;/h9,15,18-19,21-25,28H,6-8,10-14,16-17H2,1-5H3;;/t19-,21+,22+,23-,24+,25+,26+,27-;;/m1../s1. The zero-order valence-electron chi connectivity index (χ0n) is 20.5. The summed E-state index contributed by atoms with van der Waals surface area (Å²) in [4.78, 5) is 2.81. The Morgan fingerprint density at radius 1 is 1.16 bits per heavy atom. The quantitative estimate of drug-likeness (QED) is 0.328. The van der Waals surface area contributed by atoms with Crippen LogP contribution in [0.5, 0.6) is 0 Å². The van der Waals surface area contributed by atoms with Gasteiger partial charge in [-0.2, -0.15) is 0 Å². The number of hydrogen-bond donors (Lipinski definition) is 1. The van der Waals surface area contributed by atoms with Crippen molar-refractivity contribution in [3.63, 3.8) is 0 Å². The van der Waals surface area contributed by atoms with E-state index in [9.17, 15) is 10.4 Å². The predicted octanol–water partition coefficient (Wildman–Crippen LogP) is 7.35. The second-order valence-corrected chi connectivity index (χ2v) is 13.7. The van der Waals surface area contributed by atoms with E-state index in [0.29, 0.717) is 31.1 Å². The first-order valence-electron chi connectivity index (χ1n) is 13.1. The van der Waals surface area contributed by atoms with Gasteiger partial charge in [-0.3, -0.25) is 0 Å². The number of hydrogen-bond acceptors (Lipinski definition) is 2. The van der Waals surface area contributed by atoms with Gasteiger partial charge in [-0.25, -0.2) is 0 Å². The number of rotatable bonds is 6. The maximum absolute atomic E-state index is 10.5. The summed E-state index contributed by atoms with van der Waals surface area (Å²) in [6.07, 6.45) is 14.9. The third-order valence-electron chi connectivity index (χ3n) is 10.5. The van der Waals surface area contributed by atoms with Crippen molar-refractivity contribution < 1.29 is 20.1 Å². The van der Waals surface area contributed by atoms with Crippen molar-refractivity contribution >= 4 is 0 Å². The van der Waals surface area contributed by atoms with Gasteiger partial charge in [0.2, 0.25) is 0 Å². The van der Waals surface area contributed by atoms with Crippen molar-refractivity contribution in [3.8, 4) is 4.97 Å². The van der Waals surface area contributed by atoms with Crippen LogP contribution in [0.15, 0.2) is 11.6 Å². The summed E-state index contributed by atoms with van der Waals surface area (Å²) in [7, 11) is 0. The van der Waals surface area contributed by atoms with Gasteiger partial charge < -0.3 is 0 Å². The van der Waals surface area contributed by atoms with E-state index in [0.717, 1.165) is 42.4 Å². The van der Waals surface area contributed by atoms with Crippen LogP contribution in [0.1, 0.15) is 98.8 Å². The van der Waals surface area contributed by atoms with Crippen LogP contribution in [0.4, 0.5) is 0 Å². The molecule has 4 aliphatic carbocycles. The zero-order chi connectivity index (χ0) is 22.4. The molecule has 0 radical (unpaired) electrons. The van der Waals surface area contributed by atoms with Crippen molar-refractivity contribution in [2.75, 3.05) is 0 Å². The Morgan fingerprint density at radius 2 is 1.94 bits per heavy atom. The summed E-state index contributed by atoms with van der Waals surface area (Å²) < 4.78 is 0. The van der Waals surface area contributed by atoms with E-state index in [-0.39, 0.29) is 11.5 Å². The number of fused-ring (bicyclic) bond motifs is 5. The Balaban J connectivity index is 1.54. The van der Waals surface area contributed by atoms with E-state index < -0.39 is 0 Å². The van der Waals surface area contributed by atoms with Gasteiger partial charge in [0.25, 0.3) is 0 Å². The minimum atomic E-state index is -0.245. The van der Waals surface area contributed by atoms with Gasteiger partial charge in [-0.15, -0.1) is 0 Å². The van der Waals surface area contributed by atoms with Crippen LogP contribution in [0.2, 0.25) is 4.82 Å². The molecule has 31 heavy (non-hydrogen) atoms. The molecule has 3 saturated carbocycles. The first-order chi connectivity index (χ1) is 14.7. The number of nitriles is 1. The molecule has 0 spiro atoms. The number of aliphatic hydroxyl groups is 1. The van der Waals surface area contributed by atoms with Crippen molar-refractivity contribution in [2.24, 2.45) is 46.3 Å². The van der Waals surface area contributed by atoms with Crippen LogP contribution in [0.25, 0.3) is 0 Å². The molecule has 0 bridgehead atoms. The second-order valence-electron chi connectivity index (χ2n) is 12.4. The molecule has 9 atom stereocenters. The second kappa shape index (κ2) is 9.16. The monoisotopic (exact) mass is 467 g/mol. The SMILES string of the molecule is CC(C)CCC[C@@H](C)[C@H]1CC[C@H]2[C@@H]3CC=C4C[C@@H](O)C[CH]([Fe][C]#N)[C@]4(C)[C@H]3CC[C@]12C. The maximum atomic E-state index is 10.5. The summed E-state index contributed by atoms with van der Waals surface area (Å²) >= 11 is 0.603. The first-order valence-corrected chi connectivity index (χ1v) is 14.3. The average Bonchev–Trinajstić information content (AvgIpc) is 3.06. The number of allylic oxidation sites excluding steroid dienone is 1. The van der Waals surface area contributed by atoms with Crippen LogP contribution in [-0.4, -0.2) is 11.2 Å². The Kier molecular flexibility index (Phi) is 7.05. The van der Waals surface area contributed by atoms with Crippen LogP contribution < -0.4 is 0 Å². The first kappa shape index (κ1) is 23.9. The summed E-state index contributed by atoms with van der Waals surface area (Å²) in [6.45, 7) is 12.4. The average molecular weight is 468 g/mol. The van der Waals surface area contributed by atoms with Gasteiger partial charge >= 0.3 is 184 Å². The molecule has 1 N–H and O–H groups in total. The predicted molar refractivity (Wildman–Crippen MR) is 124 cm³/mol.